The summed E-state index contributed by atoms with van der Waals surface area (Å²) in [7, 11) is 1.19. The molecule has 0 bridgehead atoms. The molecule has 3 atom stereocenters. The highest BCUT2D eigenvalue weighted by molar-refractivity contribution is 7.18. The van der Waals surface area contributed by atoms with E-state index in [1.165, 1.54) is 31.4 Å². The first kappa shape index (κ1) is 41.6. The van der Waals surface area contributed by atoms with Gasteiger partial charge in [-0.05, 0) is 69.2 Å². The van der Waals surface area contributed by atoms with Gasteiger partial charge in [0, 0.05) is 13.1 Å². The molecule has 5 N–H and O–H groups in total. The number of benzene rings is 1. The van der Waals surface area contributed by atoms with Gasteiger partial charge in [0.2, 0.25) is 17.7 Å². The molecule has 1 aromatic heterocycles. The average Bonchev–Trinajstić information content (AvgIpc) is 3.35. The number of thiophene rings is 1. The summed E-state index contributed by atoms with van der Waals surface area (Å²) < 4.78 is 23.6. The lowest BCUT2D eigenvalue weighted by Gasteiger charge is -2.28. The summed E-state index contributed by atoms with van der Waals surface area (Å²) in [6.45, 7) is 15.5. The number of alkyl carbamates (subject to hydrolysis) is 1. The van der Waals surface area contributed by atoms with E-state index in [0.717, 1.165) is 11.3 Å². The van der Waals surface area contributed by atoms with Gasteiger partial charge in [-0.1, -0.05) is 46.8 Å². The number of hydrogen-bond acceptors (Lipinski definition) is 9. The predicted molar refractivity (Wildman–Crippen MR) is 189 cm³/mol. The Morgan fingerprint density at radius 3 is 1.92 bits per heavy atom. The van der Waals surface area contributed by atoms with Crippen LogP contribution in [0.4, 0.5) is 14.2 Å². The summed E-state index contributed by atoms with van der Waals surface area (Å²) in [5.41, 5.74) is 0.174. The van der Waals surface area contributed by atoms with Gasteiger partial charge >= 0.3 is 12.1 Å². The number of hydrogen-bond donors (Lipinski definition) is 5. The zero-order valence-electron chi connectivity index (χ0n) is 30.4. The van der Waals surface area contributed by atoms with Crippen LogP contribution >= 0.6 is 11.3 Å². The minimum absolute atomic E-state index is 0.00716. The topological polar surface area (TPSA) is 181 Å². The quantitative estimate of drug-likeness (QED) is 0.130. The van der Waals surface area contributed by atoms with Crippen LogP contribution < -0.4 is 26.6 Å². The monoisotopic (exact) mass is 719 g/mol. The van der Waals surface area contributed by atoms with Crippen molar-refractivity contribution in [2.75, 3.05) is 25.5 Å². The Labute approximate surface area is 296 Å². The number of ether oxygens (including phenoxy) is 2. The first-order chi connectivity index (χ1) is 23.3. The molecule has 2 rings (SSSR count). The molecule has 0 spiro atoms. The minimum Gasteiger partial charge on any atom is -0.465 e. The van der Waals surface area contributed by atoms with Crippen LogP contribution in [0.2, 0.25) is 0 Å². The molecule has 0 radical (unpaired) electrons. The van der Waals surface area contributed by atoms with Crippen molar-refractivity contribution in [1.29, 1.82) is 0 Å². The maximum absolute atomic E-state index is 13.5. The molecule has 0 aliphatic carbocycles. The number of carbonyl (C=O) groups excluding carboxylic acids is 6. The molecule has 0 saturated carbocycles. The van der Waals surface area contributed by atoms with E-state index in [-0.39, 0.29) is 40.4 Å². The summed E-state index contributed by atoms with van der Waals surface area (Å²) in [6.07, 6.45) is -0.353. The van der Waals surface area contributed by atoms with Crippen molar-refractivity contribution in [2.45, 2.75) is 92.3 Å². The highest BCUT2D eigenvalue weighted by atomic mass is 32.1. The van der Waals surface area contributed by atoms with E-state index < -0.39 is 65.1 Å². The van der Waals surface area contributed by atoms with Crippen LogP contribution in [0.5, 0.6) is 0 Å². The van der Waals surface area contributed by atoms with E-state index in [1.807, 2.05) is 0 Å². The molecule has 0 saturated heterocycles. The third-order valence-corrected chi connectivity index (χ3v) is 8.76. The van der Waals surface area contributed by atoms with Crippen LogP contribution in [-0.4, -0.2) is 73.6 Å². The largest absolute Gasteiger partial charge is 0.465 e. The number of amides is 5. The van der Waals surface area contributed by atoms with Gasteiger partial charge in [-0.25, -0.2) is 14.0 Å². The van der Waals surface area contributed by atoms with E-state index in [1.54, 1.807) is 62.3 Å². The Balaban J connectivity index is 2.08. The normalized spacial score (nSPS) is 13.1. The molecule has 0 aliphatic heterocycles. The Hall–Kier alpha value is -4.53. The van der Waals surface area contributed by atoms with Crippen molar-refractivity contribution in [2.24, 2.45) is 11.8 Å². The summed E-state index contributed by atoms with van der Waals surface area (Å²) in [5, 5.41) is 13.6. The standard InChI is InChI=1S/C35H50FN5O8S/c1-11-23(21-12-14-22(36)15-13-21)28(42)41-32-24(33(46)48-10)20(6)27(50-32)31(45)38-17-16-37-29(43)25(18(2)3)39-30(44)26(19(4)5)40-34(47)49-35(7,8)9/h12-15,18-19,23,25-26H,11,16-17H2,1-10H3,(H,37,43)(H,38,45)(H,39,44)(H,40,47)(H,41,42). The first-order valence-electron chi connectivity index (χ1n) is 16.4. The number of methoxy groups -OCH3 is 1. The fraction of sp³-hybridized carbons (Fsp3) is 0.543. The van der Waals surface area contributed by atoms with Gasteiger partial charge in [-0.3, -0.25) is 19.2 Å². The van der Waals surface area contributed by atoms with Gasteiger partial charge < -0.3 is 36.1 Å². The van der Waals surface area contributed by atoms with Gasteiger partial charge in [0.15, 0.2) is 0 Å². The number of nitrogens with one attached hydrogen (secondary N) is 5. The molecule has 0 fully saturated rings. The smallest absolute Gasteiger partial charge is 0.408 e. The number of esters is 1. The molecule has 3 unspecified atom stereocenters. The maximum Gasteiger partial charge on any atom is 0.408 e. The molecule has 0 aliphatic rings. The summed E-state index contributed by atoms with van der Waals surface area (Å²) >= 11 is 0.905. The number of halogens is 1. The van der Waals surface area contributed by atoms with Crippen molar-refractivity contribution in [3.05, 3.63) is 51.7 Å². The lowest BCUT2D eigenvalue weighted by molar-refractivity contribution is -0.131. The molecular formula is C35H50FN5O8S. The highest BCUT2D eigenvalue weighted by Crippen LogP contribution is 2.35. The first-order valence-corrected chi connectivity index (χ1v) is 17.3. The van der Waals surface area contributed by atoms with Crippen LogP contribution in [0.25, 0.3) is 0 Å². The molecule has 1 heterocycles. The van der Waals surface area contributed by atoms with Gasteiger partial charge in [-0.15, -0.1) is 11.3 Å². The number of carbonyl (C=O) groups is 6. The van der Waals surface area contributed by atoms with Crippen molar-refractivity contribution >= 4 is 52.0 Å². The summed E-state index contributed by atoms with van der Waals surface area (Å²) in [4.78, 5) is 77.8. The minimum atomic E-state index is -0.951. The van der Waals surface area contributed by atoms with Crippen molar-refractivity contribution in [3.63, 3.8) is 0 Å². The molecule has 1 aromatic carbocycles. The SMILES string of the molecule is CCC(C(=O)Nc1sc(C(=O)NCCNC(=O)C(NC(=O)C(NC(=O)OC(C)(C)C)C(C)C)C(C)C)c(C)c1C(=O)OC)c1ccc(F)cc1. The zero-order chi connectivity index (χ0) is 37.9. The van der Waals surface area contributed by atoms with Crippen molar-refractivity contribution in [3.8, 4) is 0 Å². The van der Waals surface area contributed by atoms with Crippen molar-refractivity contribution < 1.29 is 42.6 Å². The van der Waals surface area contributed by atoms with E-state index in [9.17, 15) is 33.2 Å². The molecule has 2 aromatic rings. The van der Waals surface area contributed by atoms with Gasteiger partial charge in [-0.2, -0.15) is 0 Å². The predicted octanol–water partition coefficient (Wildman–Crippen LogP) is 4.65. The van der Waals surface area contributed by atoms with E-state index in [4.69, 9.17) is 9.47 Å². The van der Waals surface area contributed by atoms with E-state index in [2.05, 4.69) is 26.6 Å². The van der Waals surface area contributed by atoms with Crippen LogP contribution in [0, 0.1) is 24.6 Å². The zero-order valence-corrected chi connectivity index (χ0v) is 31.2. The third-order valence-electron chi connectivity index (χ3n) is 7.55. The Bertz CT molecular complexity index is 1530. The molecule has 5 amide bonds. The molecule has 50 heavy (non-hydrogen) atoms. The Kier molecular flexibility index (Phi) is 15.4. The maximum atomic E-state index is 13.5. The number of anilines is 1. The second-order valence-corrected chi connectivity index (χ2v) is 14.4. The van der Waals surface area contributed by atoms with Crippen LogP contribution in [0.3, 0.4) is 0 Å². The fourth-order valence-corrected chi connectivity index (χ4v) is 6.05. The highest BCUT2D eigenvalue weighted by Gasteiger charge is 2.32. The Morgan fingerprint density at radius 1 is 0.840 bits per heavy atom. The van der Waals surface area contributed by atoms with Gasteiger partial charge in [0.25, 0.3) is 5.91 Å². The number of rotatable bonds is 15. The van der Waals surface area contributed by atoms with Crippen LogP contribution in [0.1, 0.15) is 98.9 Å². The molecule has 13 nitrogen and oxygen atoms in total. The van der Waals surface area contributed by atoms with Gasteiger partial charge in [0.05, 0.1) is 23.5 Å². The molecular weight excluding hydrogens is 669 g/mol. The molecule has 15 heteroatoms. The lowest BCUT2D eigenvalue weighted by atomic mass is 9.95. The Morgan fingerprint density at radius 2 is 1.40 bits per heavy atom. The van der Waals surface area contributed by atoms with E-state index in [0.29, 0.717) is 17.5 Å². The summed E-state index contributed by atoms with van der Waals surface area (Å²) in [5.74, 6) is -4.43. The second-order valence-electron chi connectivity index (χ2n) is 13.4. The average molecular weight is 720 g/mol. The summed E-state index contributed by atoms with van der Waals surface area (Å²) in [6, 6.07) is 3.68. The lowest BCUT2D eigenvalue weighted by Crippen LogP contribution is -2.57. The fourth-order valence-electron chi connectivity index (χ4n) is 4.93. The van der Waals surface area contributed by atoms with Gasteiger partial charge in [0.1, 0.15) is 28.5 Å². The molecule has 276 valence electrons. The van der Waals surface area contributed by atoms with Crippen molar-refractivity contribution in [1.82, 2.24) is 21.3 Å². The van der Waals surface area contributed by atoms with Crippen LogP contribution in [0.15, 0.2) is 24.3 Å². The second kappa shape index (κ2) is 18.5. The van der Waals surface area contributed by atoms with E-state index >= 15 is 0 Å². The third kappa shape index (κ3) is 11.8. The van der Waals surface area contributed by atoms with Crippen LogP contribution in [-0.2, 0) is 23.9 Å².